The summed E-state index contributed by atoms with van der Waals surface area (Å²) in [5.41, 5.74) is 3.28. The van der Waals surface area contributed by atoms with Crippen LogP contribution in [0.4, 0.5) is 5.69 Å². The minimum Gasteiger partial charge on any atom is -0.491 e. The van der Waals surface area contributed by atoms with Crippen LogP contribution in [0.3, 0.4) is 0 Å². The number of rotatable bonds is 8. The average molecular weight is 405 g/mol. The van der Waals surface area contributed by atoms with Crippen molar-refractivity contribution in [2.45, 2.75) is 33.7 Å². The molecule has 0 aliphatic heterocycles. The number of amides is 1. The third-order valence-electron chi connectivity index (χ3n) is 4.30. The fourth-order valence-corrected chi connectivity index (χ4v) is 3.88. The van der Waals surface area contributed by atoms with Crippen molar-refractivity contribution >= 4 is 21.6 Å². The van der Waals surface area contributed by atoms with Crippen LogP contribution in [0.2, 0.25) is 0 Å². The quantitative estimate of drug-likeness (QED) is 0.734. The van der Waals surface area contributed by atoms with Gasteiger partial charge in [-0.25, -0.2) is 8.42 Å². The van der Waals surface area contributed by atoms with Gasteiger partial charge in [-0.2, -0.15) is 0 Å². The van der Waals surface area contributed by atoms with Crippen LogP contribution in [0.5, 0.6) is 5.75 Å². The standard InChI is InChI=1S/C21H28N2O4S/c1-15-9-11-19(12-10-15)27-14-18(4)22-20(24)13-23(28(5,25)26)21-16(2)7-6-8-17(21)3/h6-12,18H,13-14H2,1-5H3,(H,22,24). The Labute approximate surface area is 167 Å². The van der Waals surface area contributed by atoms with Gasteiger partial charge in [-0.1, -0.05) is 35.9 Å². The summed E-state index contributed by atoms with van der Waals surface area (Å²) in [7, 11) is -3.61. The molecule has 0 saturated carbocycles. The topological polar surface area (TPSA) is 75.7 Å². The Hall–Kier alpha value is -2.54. The number of sulfonamides is 1. The summed E-state index contributed by atoms with van der Waals surface area (Å²) in [6, 6.07) is 12.9. The zero-order valence-corrected chi connectivity index (χ0v) is 17.8. The van der Waals surface area contributed by atoms with Crippen molar-refractivity contribution in [3.63, 3.8) is 0 Å². The van der Waals surface area contributed by atoms with Gasteiger partial charge >= 0.3 is 0 Å². The first-order valence-corrected chi connectivity index (χ1v) is 11.0. The second-order valence-corrected chi connectivity index (χ2v) is 9.01. The molecule has 0 aromatic heterocycles. The molecular weight excluding hydrogens is 376 g/mol. The summed E-state index contributed by atoms with van der Waals surface area (Å²) in [6.45, 7) is 7.48. The molecule has 2 rings (SSSR count). The molecule has 0 fully saturated rings. The van der Waals surface area contributed by atoms with E-state index < -0.39 is 10.0 Å². The molecule has 2 aromatic carbocycles. The molecule has 1 N–H and O–H groups in total. The first-order valence-electron chi connectivity index (χ1n) is 9.10. The molecule has 1 atom stereocenters. The highest BCUT2D eigenvalue weighted by atomic mass is 32.2. The smallest absolute Gasteiger partial charge is 0.241 e. The minimum absolute atomic E-state index is 0.270. The third-order valence-corrected chi connectivity index (χ3v) is 5.42. The van der Waals surface area contributed by atoms with Crippen LogP contribution in [0, 0.1) is 20.8 Å². The molecule has 1 unspecified atom stereocenters. The number of nitrogens with one attached hydrogen (secondary N) is 1. The van der Waals surface area contributed by atoms with Crippen LogP contribution < -0.4 is 14.4 Å². The van der Waals surface area contributed by atoms with Crippen molar-refractivity contribution in [1.82, 2.24) is 5.32 Å². The highest BCUT2D eigenvalue weighted by Gasteiger charge is 2.24. The first-order chi connectivity index (χ1) is 13.1. The number of anilines is 1. The molecule has 0 heterocycles. The summed E-state index contributed by atoms with van der Waals surface area (Å²) in [5.74, 6) is 0.341. The van der Waals surface area contributed by atoms with E-state index in [0.717, 1.165) is 33.0 Å². The number of benzene rings is 2. The molecule has 152 valence electrons. The van der Waals surface area contributed by atoms with E-state index in [1.807, 2.05) is 70.2 Å². The number of carbonyl (C=O) groups excluding carboxylic acids is 1. The molecule has 0 aliphatic rings. The maximum Gasteiger partial charge on any atom is 0.241 e. The Morgan fingerprint density at radius 1 is 1.07 bits per heavy atom. The molecule has 7 heteroatoms. The maximum atomic E-state index is 12.5. The Bertz CT molecular complexity index is 904. The molecule has 0 radical (unpaired) electrons. The lowest BCUT2D eigenvalue weighted by Gasteiger charge is -2.26. The number of ether oxygens (including phenoxy) is 1. The van der Waals surface area contributed by atoms with Crippen molar-refractivity contribution in [2.24, 2.45) is 0 Å². The number of carbonyl (C=O) groups is 1. The van der Waals surface area contributed by atoms with Crippen LogP contribution >= 0.6 is 0 Å². The van der Waals surface area contributed by atoms with E-state index in [0.29, 0.717) is 5.69 Å². The largest absolute Gasteiger partial charge is 0.491 e. The van der Waals surface area contributed by atoms with Crippen molar-refractivity contribution in [2.75, 3.05) is 23.7 Å². The van der Waals surface area contributed by atoms with Crippen molar-refractivity contribution in [3.05, 3.63) is 59.2 Å². The lowest BCUT2D eigenvalue weighted by Crippen LogP contribution is -2.45. The van der Waals surface area contributed by atoms with E-state index in [9.17, 15) is 13.2 Å². The van der Waals surface area contributed by atoms with Crippen LogP contribution in [-0.4, -0.2) is 39.8 Å². The molecule has 1 amide bonds. The monoisotopic (exact) mass is 404 g/mol. The predicted octanol–water partition coefficient (Wildman–Crippen LogP) is 2.96. The Morgan fingerprint density at radius 2 is 1.64 bits per heavy atom. The van der Waals surface area contributed by atoms with Gasteiger partial charge in [0.1, 0.15) is 18.9 Å². The minimum atomic E-state index is -3.61. The van der Waals surface area contributed by atoms with E-state index in [1.54, 1.807) is 0 Å². The van der Waals surface area contributed by atoms with Crippen LogP contribution in [0.1, 0.15) is 23.6 Å². The zero-order chi connectivity index (χ0) is 20.9. The van der Waals surface area contributed by atoms with Crippen molar-refractivity contribution in [3.8, 4) is 5.75 Å². The average Bonchev–Trinajstić information content (AvgIpc) is 2.59. The lowest BCUT2D eigenvalue weighted by atomic mass is 10.1. The van der Waals surface area contributed by atoms with E-state index in [2.05, 4.69) is 5.32 Å². The second kappa shape index (κ2) is 9.10. The van der Waals surface area contributed by atoms with Gasteiger partial charge in [0.15, 0.2) is 0 Å². The highest BCUT2D eigenvalue weighted by Crippen LogP contribution is 2.26. The molecule has 6 nitrogen and oxygen atoms in total. The van der Waals surface area contributed by atoms with E-state index in [-0.39, 0.29) is 25.1 Å². The van der Waals surface area contributed by atoms with Crippen molar-refractivity contribution in [1.29, 1.82) is 0 Å². The number of para-hydroxylation sites is 1. The summed E-state index contributed by atoms with van der Waals surface area (Å²) >= 11 is 0. The number of nitrogens with zero attached hydrogens (tertiary/aromatic N) is 1. The van der Waals surface area contributed by atoms with Gasteiger partial charge in [0.05, 0.1) is 18.0 Å². The third kappa shape index (κ3) is 5.99. The SMILES string of the molecule is Cc1ccc(OCC(C)NC(=O)CN(c2c(C)cccc2C)S(C)(=O)=O)cc1. The molecule has 2 aromatic rings. The summed E-state index contributed by atoms with van der Waals surface area (Å²) < 4.78 is 31.5. The molecule has 0 spiro atoms. The highest BCUT2D eigenvalue weighted by molar-refractivity contribution is 7.92. The number of aryl methyl sites for hydroxylation is 3. The van der Waals surface area contributed by atoms with Crippen molar-refractivity contribution < 1.29 is 17.9 Å². The maximum absolute atomic E-state index is 12.5. The fraction of sp³-hybridized carbons (Fsp3) is 0.381. The Kier molecular flexibility index (Phi) is 7.07. The Balaban J connectivity index is 2.02. The normalized spacial score (nSPS) is 12.3. The van der Waals surface area contributed by atoms with Gasteiger partial charge < -0.3 is 10.1 Å². The van der Waals surface area contributed by atoms with Gasteiger partial charge in [0.25, 0.3) is 0 Å². The van der Waals surface area contributed by atoms with Crippen LogP contribution in [0.15, 0.2) is 42.5 Å². The van der Waals surface area contributed by atoms with Gasteiger partial charge in [0, 0.05) is 0 Å². The first kappa shape index (κ1) is 21.8. The van der Waals surface area contributed by atoms with E-state index in [4.69, 9.17) is 4.74 Å². The molecule has 0 aliphatic carbocycles. The van der Waals surface area contributed by atoms with Crippen LogP contribution in [0.25, 0.3) is 0 Å². The fourth-order valence-electron chi connectivity index (χ4n) is 2.91. The van der Waals surface area contributed by atoms with E-state index >= 15 is 0 Å². The van der Waals surface area contributed by atoms with Gasteiger partial charge in [-0.15, -0.1) is 0 Å². The second-order valence-electron chi connectivity index (χ2n) is 7.10. The summed E-state index contributed by atoms with van der Waals surface area (Å²) in [5, 5.41) is 2.80. The lowest BCUT2D eigenvalue weighted by molar-refractivity contribution is -0.120. The molecule has 0 saturated heterocycles. The summed E-state index contributed by atoms with van der Waals surface area (Å²) in [6.07, 6.45) is 1.11. The zero-order valence-electron chi connectivity index (χ0n) is 17.0. The summed E-state index contributed by atoms with van der Waals surface area (Å²) in [4.78, 5) is 12.5. The molecule has 0 bridgehead atoms. The van der Waals surface area contributed by atoms with Crippen LogP contribution in [-0.2, 0) is 14.8 Å². The Morgan fingerprint density at radius 3 is 2.18 bits per heavy atom. The number of hydrogen-bond donors (Lipinski definition) is 1. The van der Waals surface area contributed by atoms with E-state index in [1.165, 1.54) is 0 Å². The van der Waals surface area contributed by atoms with Gasteiger partial charge in [-0.05, 0) is 51.0 Å². The molecule has 28 heavy (non-hydrogen) atoms. The van der Waals surface area contributed by atoms with Gasteiger partial charge in [-0.3, -0.25) is 9.10 Å². The molecular formula is C21H28N2O4S. The van der Waals surface area contributed by atoms with Gasteiger partial charge in [0.2, 0.25) is 15.9 Å². The predicted molar refractivity (Wildman–Crippen MR) is 112 cm³/mol. The number of hydrogen-bond acceptors (Lipinski definition) is 4.